The Labute approximate surface area is 192 Å². The van der Waals surface area contributed by atoms with Crippen LogP contribution in [0, 0.1) is 0 Å². The van der Waals surface area contributed by atoms with Crippen molar-refractivity contribution in [2.24, 2.45) is 0 Å². The van der Waals surface area contributed by atoms with Crippen LogP contribution >= 0.6 is 0 Å². The van der Waals surface area contributed by atoms with Crippen LogP contribution in [0.3, 0.4) is 0 Å². The number of nitrogens with zero attached hydrogens (tertiary/aromatic N) is 1. The van der Waals surface area contributed by atoms with E-state index in [1.54, 1.807) is 49.4 Å². The van der Waals surface area contributed by atoms with Crippen LogP contribution in [-0.2, 0) is 25.5 Å². The molecule has 2 amide bonds. The number of hydrazine groups is 1. The topological polar surface area (TPSA) is 94.2 Å². The van der Waals surface area contributed by atoms with Crippen molar-refractivity contribution in [1.82, 2.24) is 5.43 Å². The average molecular weight is 450 g/mol. The number of hydrogen-bond acceptors (Lipinski definition) is 6. The maximum atomic E-state index is 12.9. The Kier molecular flexibility index (Phi) is 7.86. The zero-order valence-electron chi connectivity index (χ0n) is 18.6. The summed E-state index contributed by atoms with van der Waals surface area (Å²) < 4.78 is 16.4. The molecule has 0 unspecified atom stereocenters. The third kappa shape index (κ3) is 5.60. The molecule has 1 saturated heterocycles. The fourth-order valence-electron chi connectivity index (χ4n) is 3.32. The second-order valence-corrected chi connectivity index (χ2v) is 7.00. The third-order valence-electron chi connectivity index (χ3n) is 4.67. The first-order valence-electron chi connectivity index (χ1n) is 10.6. The number of ether oxygens (including phenoxy) is 3. The Morgan fingerprint density at radius 2 is 1.85 bits per heavy atom. The number of anilines is 1. The zero-order chi connectivity index (χ0) is 23.8. The molecular weight excluding hydrogens is 424 g/mol. The Hall–Kier alpha value is -4.07. The summed E-state index contributed by atoms with van der Waals surface area (Å²) in [6, 6.07) is 12.3. The van der Waals surface area contributed by atoms with Crippen LogP contribution in [0.2, 0.25) is 0 Å². The van der Waals surface area contributed by atoms with Crippen LogP contribution in [0.25, 0.3) is 6.08 Å². The molecule has 2 aromatic carbocycles. The number of amides is 2. The second-order valence-electron chi connectivity index (χ2n) is 7.00. The summed E-state index contributed by atoms with van der Waals surface area (Å²) in [4.78, 5) is 37.2. The van der Waals surface area contributed by atoms with Crippen molar-refractivity contribution >= 4 is 29.5 Å². The first-order chi connectivity index (χ1) is 16.0. The predicted octanol–water partition coefficient (Wildman–Crippen LogP) is 3.22. The number of para-hydroxylation sites is 1. The quantitative estimate of drug-likeness (QED) is 0.259. The summed E-state index contributed by atoms with van der Waals surface area (Å²) >= 11 is 0. The Morgan fingerprint density at radius 3 is 2.52 bits per heavy atom. The van der Waals surface area contributed by atoms with Crippen molar-refractivity contribution in [3.63, 3.8) is 0 Å². The normalized spacial score (nSPS) is 14.2. The molecule has 0 spiro atoms. The summed E-state index contributed by atoms with van der Waals surface area (Å²) in [5.74, 6) is -0.685. The molecule has 8 heteroatoms. The zero-order valence-corrected chi connectivity index (χ0v) is 18.6. The molecule has 2 aromatic rings. The number of allylic oxidation sites excluding steroid dienone is 1. The third-order valence-corrected chi connectivity index (χ3v) is 4.67. The Balaban J connectivity index is 1.96. The summed E-state index contributed by atoms with van der Waals surface area (Å²) in [5.41, 5.74) is 4.40. The van der Waals surface area contributed by atoms with E-state index >= 15 is 0 Å². The molecule has 8 nitrogen and oxygen atoms in total. The van der Waals surface area contributed by atoms with E-state index in [1.165, 1.54) is 11.1 Å². The van der Waals surface area contributed by atoms with E-state index in [0.29, 0.717) is 41.3 Å². The first kappa shape index (κ1) is 23.6. The van der Waals surface area contributed by atoms with Gasteiger partial charge in [-0.25, -0.2) is 9.80 Å². The van der Waals surface area contributed by atoms with Gasteiger partial charge in [-0.3, -0.25) is 15.0 Å². The predicted molar refractivity (Wildman–Crippen MR) is 124 cm³/mol. The highest BCUT2D eigenvalue weighted by atomic mass is 16.6. The van der Waals surface area contributed by atoms with Crippen molar-refractivity contribution < 1.29 is 28.6 Å². The highest BCUT2D eigenvalue weighted by Gasteiger charge is 2.34. The highest BCUT2D eigenvalue weighted by Crippen LogP contribution is 2.35. The van der Waals surface area contributed by atoms with E-state index in [2.05, 4.69) is 12.0 Å². The lowest BCUT2D eigenvalue weighted by atomic mass is 10.0. The van der Waals surface area contributed by atoms with Crippen LogP contribution in [0.5, 0.6) is 11.5 Å². The minimum absolute atomic E-state index is 0.00829. The van der Waals surface area contributed by atoms with E-state index in [4.69, 9.17) is 14.2 Å². The summed E-state index contributed by atoms with van der Waals surface area (Å²) in [6.07, 6.45) is 3.61. The molecule has 0 saturated carbocycles. The number of esters is 1. The number of rotatable bonds is 10. The SMILES string of the molecule is C=CCc1cc(C=C2C(=O)NN(c3ccccc3)C2=O)cc(OCC)c1OCC(=O)OCC. The largest absolute Gasteiger partial charge is 0.490 e. The summed E-state index contributed by atoms with van der Waals surface area (Å²) in [7, 11) is 0. The van der Waals surface area contributed by atoms with E-state index in [0.717, 1.165) is 0 Å². The number of carbonyl (C=O) groups excluding carboxylic acids is 3. The number of hydrogen-bond donors (Lipinski definition) is 1. The molecule has 3 rings (SSSR count). The van der Waals surface area contributed by atoms with Gasteiger partial charge in [-0.05, 0) is 56.2 Å². The molecule has 1 heterocycles. The Bertz CT molecular complexity index is 1080. The van der Waals surface area contributed by atoms with Gasteiger partial charge in [0.1, 0.15) is 5.57 Å². The van der Waals surface area contributed by atoms with E-state index in [1.807, 2.05) is 13.0 Å². The lowest BCUT2D eigenvalue weighted by Gasteiger charge is -2.16. The second kappa shape index (κ2) is 11.0. The molecule has 1 N–H and O–H groups in total. The summed E-state index contributed by atoms with van der Waals surface area (Å²) in [5, 5.41) is 1.21. The molecule has 0 radical (unpaired) electrons. The monoisotopic (exact) mass is 450 g/mol. The van der Waals surface area contributed by atoms with Crippen molar-refractivity contribution in [3.8, 4) is 11.5 Å². The van der Waals surface area contributed by atoms with Crippen molar-refractivity contribution in [2.75, 3.05) is 24.8 Å². The molecule has 1 aliphatic rings. The molecule has 0 aliphatic carbocycles. The highest BCUT2D eigenvalue weighted by molar-refractivity contribution is 6.31. The maximum Gasteiger partial charge on any atom is 0.344 e. The van der Waals surface area contributed by atoms with Gasteiger partial charge in [0, 0.05) is 5.56 Å². The molecule has 1 fully saturated rings. The van der Waals surface area contributed by atoms with Crippen molar-refractivity contribution in [3.05, 3.63) is 71.8 Å². The van der Waals surface area contributed by atoms with Crippen LogP contribution in [0.4, 0.5) is 5.69 Å². The number of benzene rings is 2. The van der Waals surface area contributed by atoms with Gasteiger partial charge in [0.2, 0.25) is 0 Å². The van der Waals surface area contributed by atoms with Gasteiger partial charge in [0.05, 0.1) is 18.9 Å². The average Bonchev–Trinajstić information content (AvgIpc) is 3.08. The number of nitrogens with one attached hydrogen (secondary N) is 1. The molecule has 1 aliphatic heterocycles. The van der Waals surface area contributed by atoms with Gasteiger partial charge in [-0.15, -0.1) is 6.58 Å². The van der Waals surface area contributed by atoms with E-state index in [9.17, 15) is 14.4 Å². The van der Waals surface area contributed by atoms with Gasteiger partial charge in [0.15, 0.2) is 18.1 Å². The van der Waals surface area contributed by atoms with Crippen molar-refractivity contribution in [2.45, 2.75) is 20.3 Å². The number of carbonyl (C=O) groups is 3. The standard InChI is InChI=1S/C25H26N2O6/c1-4-10-18-13-17(15-21(31-5-2)23(18)33-16-22(28)32-6-3)14-20-24(29)26-27(25(20)30)19-11-8-7-9-12-19/h4,7-9,11-15H,1,5-6,10,16H2,2-3H3,(H,26,29). The van der Waals surface area contributed by atoms with E-state index in [-0.39, 0.29) is 18.8 Å². The van der Waals surface area contributed by atoms with Crippen LogP contribution in [0.1, 0.15) is 25.0 Å². The molecule has 172 valence electrons. The minimum Gasteiger partial charge on any atom is -0.490 e. The van der Waals surface area contributed by atoms with Gasteiger partial charge < -0.3 is 14.2 Å². The van der Waals surface area contributed by atoms with Gasteiger partial charge >= 0.3 is 5.97 Å². The maximum absolute atomic E-state index is 12.9. The van der Waals surface area contributed by atoms with Crippen molar-refractivity contribution in [1.29, 1.82) is 0 Å². The molecule has 0 aromatic heterocycles. The lowest BCUT2D eigenvalue weighted by Crippen LogP contribution is -2.35. The first-order valence-corrected chi connectivity index (χ1v) is 10.6. The molecule has 0 atom stereocenters. The summed E-state index contributed by atoms with van der Waals surface area (Å²) in [6.45, 7) is 7.64. The Morgan fingerprint density at radius 1 is 1.09 bits per heavy atom. The fourth-order valence-corrected chi connectivity index (χ4v) is 3.32. The molecule has 33 heavy (non-hydrogen) atoms. The smallest absolute Gasteiger partial charge is 0.344 e. The van der Waals surface area contributed by atoms with E-state index < -0.39 is 17.8 Å². The van der Waals surface area contributed by atoms with Gasteiger partial charge in [0.25, 0.3) is 11.8 Å². The van der Waals surface area contributed by atoms with Gasteiger partial charge in [-0.2, -0.15) is 0 Å². The lowest BCUT2D eigenvalue weighted by molar-refractivity contribution is -0.145. The molecular formula is C25H26N2O6. The van der Waals surface area contributed by atoms with Crippen LogP contribution in [0.15, 0.2) is 60.7 Å². The fraction of sp³-hybridized carbons (Fsp3) is 0.240. The van der Waals surface area contributed by atoms with Crippen LogP contribution in [-0.4, -0.2) is 37.6 Å². The minimum atomic E-state index is -0.505. The van der Waals surface area contributed by atoms with Gasteiger partial charge in [-0.1, -0.05) is 24.3 Å². The van der Waals surface area contributed by atoms with Crippen LogP contribution < -0.4 is 19.9 Å². The molecule has 0 bridgehead atoms.